The predicted molar refractivity (Wildman–Crippen MR) is 111 cm³/mol. The summed E-state index contributed by atoms with van der Waals surface area (Å²) in [5.41, 5.74) is 2.48. The van der Waals surface area contributed by atoms with E-state index >= 15 is 0 Å². The van der Waals surface area contributed by atoms with Gasteiger partial charge in [0.05, 0.1) is 13.2 Å². The number of hydrogen-bond acceptors (Lipinski definition) is 7. The van der Waals surface area contributed by atoms with Crippen LogP contribution in [0.3, 0.4) is 0 Å². The molecule has 7 nitrogen and oxygen atoms in total. The Hall–Kier alpha value is -1.87. The van der Waals surface area contributed by atoms with Crippen LogP contribution in [0.15, 0.2) is 36.4 Å². The first-order valence-corrected chi connectivity index (χ1v) is 10.1. The average Bonchev–Trinajstić information content (AvgIpc) is 2.71. The Morgan fingerprint density at radius 1 is 1.07 bits per heavy atom. The summed E-state index contributed by atoms with van der Waals surface area (Å²) >= 11 is 6.49. The summed E-state index contributed by atoms with van der Waals surface area (Å²) in [6, 6.07) is 11.1. The second-order valence-corrected chi connectivity index (χ2v) is 7.95. The van der Waals surface area contributed by atoms with Crippen molar-refractivity contribution in [2.75, 3.05) is 7.11 Å². The summed E-state index contributed by atoms with van der Waals surface area (Å²) in [5.74, 6) is 1.12. The van der Waals surface area contributed by atoms with Crippen molar-refractivity contribution in [2.24, 2.45) is 0 Å². The molecule has 8 heteroatoms. The summed E-state index contributed by atoms with van der Waals surface area (Å²) in [7, 11) is 1.60. The first kappa shape index (κ1) is 22.8. The smallest absolute Gasteiger partial charge is 0.229 e. The first-order chi connectivity index (χ1) is 14.2. The van der Waals surface area contributed by atoms with E-state index in [1.807, 2.05) is 37.3 Å². The average molecular weight is 439 g/mol. The molecule has 0 spiro atoms. The van der Waals surface area contributed by atoms with Crippen molar-refractivity contribution < 1.29 is 34.6 Å². The molecule has 0 aliphatic carbocycles. The van der Waals surface area contributed by atoms with E-state index in [1.165, 1.54) is 6.92 Å². The second kappa shape index (κ2) is 9.51. The minimum absolute atomic E-state index is 0.382. The lowest BCUT2D eigenvalue weighted by Crippen LogP contribution is -2.61. The monoisotopic (exact) mass is 438 g/mol. The molecule has 164 valence electrons. The van der Waals surface area contributed by atoms with Gasteiger partial charge >= 0.3 is 0 Å². The van der Waals surface area contributed by atoms with Crippen LogP contribution < -0.4 is 9.47 Å². The molecule has 1 saturated heterocycles. The van der Waals surface area contributed by atoms with Gasteiger partial charge in [-0.25, -0.2) is 0 Å². The molecule has 2 aromatic carbocycles. The highest BCUT2D eigenvalue weighted by molar-refractivity contribution is 6.31. The van der Waals surface area contributed by atoms with Gasteiger partial charge in [-0.2, -0.15) is 0 Å². The molecular weight excluding hydrogens is 412 g/mol. The summed E-state index contributed by atoms with van der Waals surface area (Å²) in [6.45, 7) is 3.28. The Bertz CT molecular complexity index is 855. The van der Waals surface area contributed by atoms with Crippen LogP contribution in [0.25, 0.3) is 0 Å². The molecule has 6 atom stereocenters. The molecular formula is C22H27ClO7. The van der Waals surface area contributed by atoms with E-state index < -0.39 is 36.8 Å². The molecule has 0 saturated carbocycles. The van der Waals surface area contributed by atoms with Crippen molar-refractivity contribution in [3.63, 3.8) is 0 Å². The van der Waals surface area contributed by atoms with Crippen LogP contribution in [0, 0.1) is 6.92 Å². The number of aryl methyl sites for hydroxylation is 1. The summed E-state index contributed by atoms with van der Waals surface area (Å²) in [4.78, 5) is 0. The maximum absolute atomic E-state index is 10.4. The lowest BCUT2D eigenvalue weighted by atomic mass is 9.96. The standard InChI is InChI=1S/C22H27ClO7/c1-11-8-16(23)15(10-13-4-6-14(28-3)7-5-13)17(9-11)29-22-20(27)18(25)19(26)21(30-22)12(2)24/h4-9,12,18-22,24-27H,10H2,1-3H3/t12-,18+,19+,20-,21-,22-/m1/s1. The second-order valence-electron chi connectivity index (χ2n) is 7.55. The van der Waals surface area contributed by atoms with Crippen LogP contribution in [0.2, 0.25) is 5.02 Å². The van der Waals surface area contributed by atoms with Crippen LogP contribution >= 0.6 is 11.6 Å². The molecule has 1 aliphatic rings. The largest absolute Gasteiger partial charge is 0.497 e. The van der Waals surface area contributed by atoms with Crippen LogP contribution in [0.4, 0.5) is 0 Å². The van der Waals surface area contributed by atoms with E-state index in [2.05, 4.69) is 0 Å². The van der Waals surface area contributed by atoms with E-state index in [4.69, 9.17) is 25.8 Å². The molecule has 3 rings (SSSR count). The van der Waals surface area contributed by atoms with Gasteiger partial charge in [0, 0.05) is 17.0 Å². The van der Waals surface area contributed by atoms with Gasteiger partial charge in [0.15, 0.2) is 0 Å². The number of benzene rings is 2. The lowest BCUT2D eigenvalue weighted by Gasteiger charge is -2.41. The van der Waals surface area contributed by atoms with Crippen molar-refractivity contribution >= 4 is 11.6 Å². The zero-order chi connectivity index (χ0) is 22.0. The highest BCUT2D eigenvalue weighted by atomic mass is 35.5. The number of ether oxygens (including phenoxy) is 3. The highest BCUT2D eigenvalue weighted by Gasteiger charge is 2.46. The molecule has 1 aliphatic heterocycles. The van der Waals surface area contributed by atoms with Crippen molar-refractivity contribution in [1.82, 2.24) is 0 Å². The third-order valence-corrected chi connectivity index (χ3v) is 5.50. The fourth-order valence-corrected chi connectivity index (χ4v) is 3.79. The normalized spacial score (nSPS) is 27.5. The maximum Gasteiger partial charge on any atom is 0.229 e. The molecule has 1 heterocycles. The third-order valence-electron chi connectivity index (χ3n) is 5.16. The maximum atomic E-state index is 10.4. The van der Waals surface area contributed by atoms with Gasteiger partial charge in [0.2, 0.25) is 6.29 Å². The zero-order valence-corrected chi connectivity index (χ0v) is 17.8. The van der Waals surface area contributed by atoms with Crippen LogP contribution in [-0.4, -0.2) is 64.3 Å². The Labute approximate surface area is 180 Å². The molecule has 0 amide bonds. The Kier molecular flexibility index (Phi) is 7.23. The van der Waals surface area contributed by atoms with Crippen molar-refractivity contribution in [3.8, 4) is 11.5 Å². The van der Waals surface area contributed by atoms with Crippen molar-refractivity contribution in [1.29, 1.82) is 0 Å². The Morgan fingerprint density at radius 2 is 1.73 bits per heavy atom. The van der Waals surface area contributed by atoms with Gasteiger partial charge in [0.25, 0.3) is 0 Å². The van der Waals surface area contributed by atoms with Crippen LogP contribution in [0.5, 0.6) is 11.5 Å². The minimum Gasteiger partial charge on any atom is -0.497 e. The SMILES string of the molecule is COc1ccc(Cc2c(Cl)cc(C)cc2O[C@@H]2O[C@H]([C@@H](C)O)[C@@H](O)[C@H](O)[C@H]2O)cc1. The van der Waals surface area contributed by atoms with E-state index in [0.717, 1.165) is 16.9 Å². The summed E-state index contributed by atoms with van der Waals surface area (Å²) in [6.07, 6.45) is -7.52. The molecule has 0 aromatic heterocycles. The van der Waals surface area contributed by atoms with Gasteiger partial charge < -0.3 is 34.6 Å². The number of aliphatic hydroxyl groups excluding tert-OH is 4. The molecule has 2 aromatic rings. The number of methoxy groups -OCH3 is 1. The number of halogens is 1. The fourth-order valence-electron chi connectivity index (χ4n) is 3.46. The van der Waals surface area contributed by atoms with E-state index in [0.29, 0.717) is 22.8 Å². The molecule has 4 N–H and O–H groups in total. The Balaban J connectivity index is 1.89. The highest BCUT2D eigenvalue weighted by Crippen LogP contribution is 2.34. The topological polar surface area (TPSA) is 109 Å². The van der Waals surface area contributed by atoms with Gasteiger partial charge in [-0.15, -0.1) is 0 Å². The van der Waals surface area contributed by atoms with Crippen molar-refractivity contribution in [2.45, 2.75) is 57.1 Å². The van der Waals surface area contributed by atoms with Gasteiger partial charge in [-0.1, -0.05) is 23.7 Å². The lowest BCUT2D eigenvalue weighted by molar-refractivity contribution is -0.286. The molecule has 0 radical (unpaired) electrons. The van der Waals surface area contributed by atoms with Crippen LogP contribution in [-0.2, 0) is 11.2 Å². The van der Waals surface area contributed by atoms with E-state index in [-0.39, 0.29) is 0 Å². The van der Waals surface area contributed by atoms with E-state index in [1.54, 1.807) is 13.2 Å². The number of hydrogen-bond donors (Lipinski definition) is 4. The molecule has 0 unspecified atom stereocenters. The van der Waals surface area contributed by atoms with Gasteiger partial charge in [-0.3, -0.25) is 0 Å². The Morgan fingerprint density at radius 3 is 2.33 bits per heavy atom. The van der Waals surface area contributed by atoms with Crippen molar-refractivity contribution in [3.05, 3.63) is 58.1 Å². The molecule has 0 bridgehead atoms. The number of aliphatic hydroxyl groups is 4. The van der Waals surface area contributed by atoms with E-state index in [9.17, 15) is 20.4 Å². The molecule has 30 heavy (non-hydrogen) atoms. The summed E-state index contributed by atoms with van der Waals surface area (Å²) < 4.78 is 16.7. The number of rotatable bonds is 6. The molecule has 1 fully saturated rings. The van der Waals surface area contributed by atoms with Gasteiger partial charge in [0.1, 0.15) is 35.9 Å². The van der Waals surface area contributed by atoms with Gasteiger partial charge in [-0.05, 0) is 49.2 Å². The fraction of sp³-hybridized carbons (Fsp3) is 0.455. The predicted octanol–water partition coefficient (Wildman–Crippen LogP) is 1.82. The summed E-state index contributed by atoms with van der Waals surface area (Å²) in [5, 5.41) is 40.9. The quantitative estimate of drug-likeness (QED) is 0.544. The van der Waals surface area contributed by atoms with Crippen LogP contribution in [0.1, 0.15) is 23.6 Å². The zero-order valence-electron chi connectivity index (χ0n) is 17.0. The third kappa shape index (κ3) is 4.88. The minimum atomic E-state index is -1.53. The first-order valence-electron chi connectivity index (χ1n) is 9.67.